The number of fused-ring (bicyclic) bond motifs is 1. The number of hydrazone groups is 1. The van der Waals surface area contributed by atoms with Crippen molar-refractivity contribution in [3.63, 3.8) is 0 Å². The van der Waals surface area contributed by atoms with Crippen molar-refractivity contribution >= 4 is 68.6 Å². The van der Waals surface area contributed by atoms with Gasteiger partial charge in [0.25, 0.3) is 5.91 Å². The van der Waals surface area contributed by atoms with Crippen molar-refractivity contribution in [2.24, 2.45) is 5.10 Å². The molecule has 180 valence electrons. The van der Waals surface area contributed by atoms with Crippen LogP contribution in [0.25, 0.3) is 10.2 Å². The third-order valence-corrected chi connectivity index (χ3v) is 7.59. The van der Waals surface area contributed by atoms with Crippen LogP contribution >= 0.6 is 46.3 Å². The maximum Gasteiger partial charge on any atom is 0.250 e. The first-order valence-corrected chi connectivity index (χ1v) is 13.2. The van der Waals surface area contributed by atoms with Crippen LogP contribution < -0.4 is 14.9 Å². The normalized spacial score (nSPS) is 11.2. The number of aromatic nitrogens is 1. The maximum absolute atomic E-state index is 12.2. The molecule has 4 rings (SSSR count). The lowest BCUT2D eigenvalue weighted by Crippen LogP contribution is -2.19. The molecule has 1 aromatic heterocycles. The van der Waals surface area contributed by atoms with E-state index in [1.807, 2.05) is 37.3 Å². The lowest BCUT2D eigenvalue weighted by molar-refractivity contribution is -0.118. The van der Waals surface area contributed by atoms with Crippen molar-refractivity contribution in [2.45, 2.75) is 17.9 Å². The molecule has 0 fully saturated rings. The lowest BCUT2D eigenvalue weighted by atomic mass is 10.2. The molecule has 0 saturated carbocycles. The second-order valence-corrected chi connectivity index (χ2v) is 10.2. The van der Waals surface area contributed by atoms with Crippen LogP contribution in [0.2, 0.25) is 10.0 Å². The number of hydrogen-bond donors (Lipinski definition) is 1. The number of ether oxygens (including phenoxy) is 2. The van der Waals surface area contributed by atoms with Crippen molar-refractivity contribution < 1.29 is 14.3 Å². The van der Waals surface area contributed by atoms with E-state index in [9.17, 15) is 4.79 Å². The van der Waals surface area contributed by atoms with Crippen molar-refractivity contribution in [1.82, 2.24) is 10.4 Å². The van der Waals surface area contributed by atoms with Gasteiger partial charge in [-0.2, -0.15) is 5.10 Å². The molecule has 0 aliphatic carbocycles. The fourth-order valence-electron chi connectivity index (χ4n) is 3.06. The van der Waals surface area contributed by atoms with Crippen molar-refractivity contribution in [1.29, 1.82) is 0 Å². The molecule has 0 spiro atoms. The van der Waals surface area contributed by atoms with E-state index in [0.717, 1.165) is 20.1 Å². The van der Waals surface area contributed by atoms with Gasteiger partial charge < -0.3 is 9.47 Å². The number of nitrogens with zero attached hydrogens (tertiary/aromatic N) is 2. The molecule has 4 aromatic rings. The van der Waals surface area contributed by atoms with Gasteiger partial charge in [0.15, 0.2) is 15.8 Å². The Hall–Kier alpha value is -2.78. The van der Waals surface area contributed by atoms with Crippen molar-refractivity contribution in [2.75, 3.05) is 12.4 Å². The number of rotatable bonds is 10. The van der Waals surface area contributed by atoms with E-state index >= 15 is 0 Å². The predicted molar refractivity (Wildman–Crippen MR) is 144 cm³/mol. The van der Waals surface area contributed by atoms with E-state index in [1.165, 1.54) is 11.8 Å². The number of para-hydroxylation sites is 1. The Labute approximate surface area is 221 Å². The maximum atomic E-state index is 12.2. The van der Waals surface area contributed by atoms with Gasteiger partial charge in [0.2, 0.25) is 0 Å². The summed E-state index contributed by atoms with van der Waals surface area (Å²) in [6, 6.07) is 18.6. The lowest BCUT2D eigenvalue weighted by Gasteiger charge is -2.14. The minimum absolute atomic E-state index is 0.203. The first kappa shape index (κ1) is 25.3. The fraction of sp³-hybridized carbons (Fsp3) is 0.160. The number of carbonyl (C=O) groups is 1. The Kier molecular flexibility index (Phi) is 8.87. The summed E-state index contributed by atoms with van der Waals surface area (Å²) in [5, 5.41) is 5.13. The molecule has 0 aliphatic heterocycles. The van der Waals surface area contributed by atoms with Gasteiger partial charge in [0.1, 0.15) is 6.61 Å². The van der Waals surface area contributed by atoms with Gasteiger partial charge in [0.05, 0.1) is 28.8 Å². The van der Waals surface area contributed by atoms with Crippen LogP contribution in [0.5, 0.6) is 11.5 Å². The number of benzene rings is 3. The minimum Gasteiger partial charge on any atom is -0.490 e. The quantitative estimate of drug-likeness (QED) is 0.134. The molecule has 35 heavy (non-hydrogen) atoms. The van der Waals surface area contributed by atoms with E-state index in [2.05, 4.69) is 15.5 Å². The fourth-order valence-corrected chi connectivity index (χ4v) is 5.43. The van der Waals surface area contributed by atoms with Crippen LogP contribution in [-0.4, -0.2) is 29.5 Å². The molecule has 10 heteroatoms. The highest BCUT2D eigenvalue weighted by molar-refractivity contribution is 8.01. The van der Waals surface area contributed by atoms with E-state index in [4.69, 9.17) is 32.7 Å². The SMILES string of the molecule is CCOc1cc(/C=N\NC(=O)CSc2nc3ccccc3s2)ccc1OCc1c(Cl)cccc1Cl. The van der Waals surface area contributed by atoms with Crippen LogP contribution in [0.1, 0.15) is 18.1 Å². The second-order valence-electron chi connectivity index (χ2n) is 7.16. The van der Waals surface area contributed by atoms with Crippen LogP contribution in [0.4, 0.5) is 0 Å². The zero-order valence-corrected chi connectivity index (χ0v) is 21.8. The number of nitrogens with one attached hydrogen (secondary N) is 1. The first-order chi connectivity index (χ1) is 17.0. The van der Waals surface area contributed by atoms with Crippen LogP contribution in [0, 0.1) is 0 Å². The van der Waals surface area contributed by atoms with Crippen LogP contribution in [0.15, 0.2) is 70.1 Å². The molecule has 1 N–H and O–H groups in total. The van der Waals surface area contributed by atoms with Crippen molar-refractivity contribution in [3.8, 4) is 11.5 Å². The van der Waals surface area contributed by atoms with Gasteiger partial charge in [-0.25, -0.2) is 10.4 Å². The van der Waals surface area contributed by atoms with Gasteiger partial charge in [-0.3, -0.25) is 4.79 Å². The molecular weight excluding hydrogens is 525 g/mol. The average Bonchev–Trinajstić information content (AvgIpc) is 3.27. The standard InChI is InChI=1S/C25H21Cl2N3O3S2/c1-2-32-22-12-16(10-11-21(22)33-14-17-18(26)6-5-7-19(17)27)13-28-30-24(31)15-34-25-29-20-8-3-4-9-23(20)35-25/h3-13H,2,14-15H2,1H3,(H,30,31)/b28-13-. The molecule has 1 amide bonds. The first-order valence-electron chi connectivity index (χ1n) is 10.7. The second kappa shape index (κ2) is 12.3. The summed E-state index contributed by atoms with van der Waals surface area (Å²) in [5.41, 5.74) is 4.93. The van der Waals surface area contributed by atoms with Gasteiger partial charge >= 0.3 is 0 Å². The number of halogens is 2. The number of thiazole rings is 1. The number of hydrogen-bond acceptors (Lipinski definition) is 7. The minimum atomic E-state index is -0.216. The molecule has 0 unspecified atom stereocenters. The Balaban J connectivity index is 1.33. The number of amides is 1. The predicted octanol–water partition coefficient (Wildman–Crippen LogP) is 6.82. The molecule has 3 aromatic carbocycles. The van der Waals surface area contributed by atoms with E-state index in [0.29, 0.717) is 33.7 Å². The highest BCUT2D eigenvalue weighted by atomic mass is 35.5. The molecule has 6 nitrogen and oxygen atoms in total. The summed E-state index contributed by atoms with van der Waals surface area (Å²) in [5.74, 6) is 1.11. The summed E-state index contributed by atoms with van der Waals surface area (Å²) in [6.45, 7) is 2.55. The van der Waals surface area contributed by atoms with E-state index in [1.54, 1.807) is 47.9 Å². The molecule has 0 radical (unpaired) electrons. The smallest absolute Gasteiger partial charge is 0.250 e. The summed E-state index contributed by atoms with van der Waals surface area (Å²) >= 11 is 15.4. The van der Waals surface area contributed by atoms with Crippen molar-refractivity contribution in [3.05, 3.63) is 81.8 Å². The summed E-state index contributed by atoms with van der Waals surface area (Å²) in [4.78, 5) is 16.7. The number of carbonyl (C=O) groups excluding carboxylic acids is 1. The molecular formula is C25H21Cl2N3O3S2. The average molecular weight is 547 g/mol. The molecule has 0 saturated heterocycles. The molecule has 0 bridgehead atoms. The molecule has 0 aliphatic rings. The molecule has 0 atom stereocenters. The molecule has 1 heterocycles. The topological polar surface area (TPSA) is 72.8 Å². The third kappa shape index (κ3) is 6.89. The van der Waals surface area contributed by atoms with E-state index in [-0.39, 0.29) is 18.3 Å². The van der Waals surface area contributed by atoms with Gasteiger partial charge in [-0.15, -0.1) is 11.3 Å². The van der Waals surface area contributed by atoms with Gasteiger partial charge in [-0.1, -0.05) is 53.2 Å². The summed E-state index contributed by atoms with van der Waals surface area (Å²) in [7, 11) is 0. The van der Waals surface area contributed by atoms with Crippen LogP contribution in [0.3, 0.4) is 0 Å². The van der Waals surface area contributed by atoms with Gasteiger partial charge in [0, 0.05) is 15.6 Å². The Morgan fingerprint density at radius 2 is 1.89 bits per heavy atom. The van der Waals surface area contributed by atoms with E-state index < -0.39 is 0 Å². The van der Waals surface area contributed by atoms with Gasteiger partial charge in [-0.05, 0) is 55.0 Å². The number of thioether (sulfide) groups is 1. The summed E-state index contributed by atoms with van der Waals surface area (Å²) < 4.78 is 13.6. The monoisotopic (exact) mass is 545 g/mol. The Morgan fingerprint density at radius 1 is 1.09 bits per heavy atom. The highest BCUT2D eigenvalue weighted by Gasteiger charge is 2.11. The zero-order chi connectivity index (χ0) is 24.6. The third-order valence-electron chi connectivity index (χ3n) is 4.71. The Morgan fingerprint density at radius 3 is 2.66 bits per heavy atom. The summed E-state index contributed by atoms with van der Waals surface area (Å²) in [6.07, 6.45) is 1.55. The highest BCUT2D eigenvalue weighted by Crippen LogP contribution is 2.32. The largest absolute Gasteiger partial charge is 0.490 e. The Bertz CT molecular complexity index is 1310. The zero-order valence-electron chi connectivity index (χ0n) is 18.7. The van der Waals surface area contributed by atoms with Crippen LogP contribution in [-0.2, 0) is 11.4 Å².